The van der Waals surface area contributed by atoms with Gasteiger partial charge in [0.1, 0.15) is 34.7 Å². The Kier molecular flexibility index (Phi) is 13.4. The van der Waals surface area contributed by atoms with Crippen LogP contribution >= 0.6 is 0 Å². The molecule has 0 fully saturated rings. The van der Waals surface area contributed by atoms with Gasteiger partial charge in [0.2, 0.25) is 0 Å². The highest BCUT2D eigenvalue weighted by atomic mass is 19.4. The van der Waals surface area contributed by atoms with Crippen molar-refractivity contribution in [3.05, 3.63) is 113 Å². The Hall–Kier alpha value is -5.52. The lowest BCUT2D eigenvalue weighted by molar-refractivity contribution is -0.142. The molecule has 0 aliphatic carbocycles. The van der Waals surface area contributed by atoms with Crippen molar-refractivity contribution in [1.29, 1.82) is 0 Å². The Balaban J connectivity index is 1.64. The van der Waals surface area contributed by atoms with E-state index in [0.717, 1.165) is 16.7 Å². The molecule has 5 aromatic rings. The molecule has 0 radical (unpaired) electrons. The number of ether oxygens (including phenoxy) is 4. The molecule has 1 aromatic heterocycles. The maximum atomic E-state index is 16.0. The third-order valence-electron chi connectivity index (χ3n) is 8.45. The van der Waals surface area contributed by atoms with Crippen molar-refractivity contribution in [2.75, 3.05) is 53.7 Å². The molecule has 4 aromatic carbocycles. The average Bonchev–Trinajstić information content (AvgIpc) is 3.52. The number of nitrogens with zero attached hydrogens (tertiary/aromatic N) is 2. The summed E-state index contributed by atoms with van der Waals surface area (Å²) >= 11 is 0. The zero-order valence-corrected chi connectivity index (χ0v) is 30.0. The van der Waals surface area contributed by atoms with E-state index in [0.29, 0.717) is 44.1 Å². The van der Waals surface area contributed by atoms with E-state index in [4.69, 9.17) is 24.7 Å². The van der Waals surface area contributed by atoms with Gasteiger partial charge < -0.3 is 34.6 Å². The summed E-state index contributed by atoms with van der Waals surface area (Å²) in [6.07, 6.45) is -10.4. The van der Waals surface area contributed by atoms with Crippen molar-refractivity contribution in [1.82, 2.24) is 14.9 Å². The minimum atomic E-state index is -5.32. The number of carbonyl (C=O) groups excluding carboxylic acids is 1. The van der Waals surface area contributed by atoms with E-state index in [1.807, 2.05) is 0 Å². The Labute approximate surface area is 316 Å². The predicted molar refractivity (Wildman–Crippen MR) is 190 cm³/mol. The van der Waals surface area contributed by atoms with Gasteiger partial charge in [0.15, 0.2) is 0 Å². The lowest BCUT2D eigenvalue weighted by Gasteiger charge is -2.18. The number of hydrogen-bond acceptors (Lipinski definition) is 7. The SMILES string of the molecule is COc1ccc(-c2nc(-c3ccc(C(F)(F)F)cc3C(F)(F)F)n(Cc3ccc(C(=O)NCCOCCOCCN)cc3)c2-c2ccc(OC)cc2F)c(F)c1. The minimum Gasteiger partial charge on any atom is -0.497 e. The summed E-state index contributed by atoms with van der Waals surface area (Å²) in [6, 6.07) is 14.2. The molecule has 1 amide bonds. The number of methoxy groups -OCH3 is 2. The molecule has 0 spiro atoms. The number of imidazole rings is 1. The van der Waals surface area contributed by atoms with Crippen LogP contribution < -0.4 is 20.5 Å². The number of amides is 1. The van der Waals surface area contributed by atoms with Crippen molar-refractivity contribution in [2.24, 2.45) is 5.73 Å². The molecule has 298 valence electrons. The van der Waals surface area contributed by atoms with Crippen molar-refractivity contribution in [3.63, 3.8) is 0 Å². The zero-order chi connectivity index (χ0) is 40.6. The first-order chi connectivity index (χ1) is 26.7. The lowest BCUT2D eigenvalue weighted by Crippen LogP contribution is -2.27. The average molecular weight is 793 g/mol. The number of carbonyl (C=O) groups is 1. The molecule has 9 nitrogen and oxygen atoms in total. The highest BCUT2D eigenvalue weighted by Gasteiger charge is 2.40. The largest absolute Gasteiger partial charge is 0.497 e. The van der Waals surface area contributed by atoms with Gasteiger partial charge in [-0.25, -0.2) is 13.8 Å². The fraction of sp³-hybridized carbons (Fsp3) is 0.282. The smallest absolute Gasteiger partial charge is 0.417 e. The molecule has 3 N–H and O–H groups in total. The van der Waals surface area contributed by atoms with E-state index in [9.17, 15) is 31.1 Å². The van der Waals surface area contributed by atoms with Gasteiger partial charge >= 0.3 is 12.4 Å². The summed E-state index contributed by atoms with van der Waals surface area (Å²) in [5.74, 6) is -2.67. The van der Waals surface area contributed by atoms with Crippen molar-refractivity contribution in [2.45, 2.75) is 18.9 Å². The summed E-state index contributed by atoms with van der Waals surface area (Å²) in [6.45, 7) is 1.42. The van der Waals surface area contributed by atoms with Crippen molar-refractivity contribution < 1.29 is 58.9 Å². The van der Waals surface area contributed by atoms with E-state index < -0.39 is 52.4 Å². The maximum Gasteiger partial charge on any atom is 0.417 e. The van der Waals surface area contributed by atoms with Crippen LogP contribution in [0.25, 0.3) is 33.9 Å². The Morgan fingerprint density at radius 3 is 1.88 bits per heavy atom. The number of benzene rings is 4. The maximum absolute atomic E-state index is 16.0. The quantitative estimate of drug-likeness (QED) is 0.0771. The second-order valence-corrected chi connectivity index (χ2v) is 12.1. The van der Waals surface area contributed by atoms with Gasteiger partial charge in [0.05, 0.1) is 57.5 Å². The second-order valence-electron chi connectivity index (χ2n) is 12.1. The van der Waals surface area contributed by atoms with Crippen LogP contribution in [0.1, 0.15) is 27.0 Å². The van der Waals surface area contributed by atoms with Crippen LogP contribution in [0, 0.1) is 11.6 Å². The Bertz CT molecular complexity index is 2140. The van der Waals surface area contributed by atoms with E-state index in [1.54, 1.807) is 0 Å². The van der Waals surface area contributed by atoms with Gasteiger partial charge in [-0.05, 0) is 54.1 Å². The number of aromatic nitrogens is 2. The van der Waals surface area contributed by atoms with Gasteiger partial charge in [-0.15, -0.1) is 0 Å². The van der Waals surface area contributed by atoms with Gasteiger partial charge in [0.25, 0.3) is 5.91 Å². The summed E-state index contributed by atoms with van der Waals surface area (Å²) < 4.78 is 139. The van der Waals surface area contributed by atoms with Gasteiger partial charge in [0, 0.05) is 54.0 Å². The van der Waals surface area contributed by atoms with Gasteiger partial charge in [-0.1, -0.05) is 18.2 Å². The Morgan fingerprint density at radius 1 is 0.732 bits per heavy atom. The molecule has 0 aliphatic heterocycles. The molecule has 56 heavy (non-hydrogen) atoms. The molecular formula is C39H36F8N4O5. The lowest BCUT2D eigenvalue weighted by atomic mass is 10.0. The molecule has 0 unspecified atom stereocenters. The van der Waals surface area contributed by atoms with E-state index >= 15 is 8.78 Å². The first-order valence-corrected chi connectivity index (χ1v) is 17.0. The third-order valence-corrected chi connectivity index (χ3v) is 8.45. The number of nitrogens with one attached hydrogen (secondary N) is 1. The summed E-state index contributed by atoms with van der Waals surface area (Å²) in [4.78, 5) is 17.2. The van der Waals surface area contributed by atoms with Crippen molar-refractivity contribution in [3.8, 4) is 45.4 Å². The van der Waals surface area contributed by atoms with Crippen LogP contribution in [0.15, 0.2) is 78.9 Å². The number of nitrogens with two attached hydrogens (primary N) is 1. The molecule has 0 aliphatic rings. The Morgan fingerprint density at radius 2 is 1.32 bits per heavy atom. The molecule has 0 saturated heterocycles. The fourth-order valence-electron chi connectivity index (χ4n) is 5.74. The fourth-order valence-corrected chi connectivity index (χ4v) is 5.74. The molecule has 17 heteroatoms. The van der Waals surface area contributed by atoms with E-state index in [2.05, 4.69) is 10.3 Å². The first kappa shape index (κ1) is 41.6. The number of alkyl halides is 6. The number of halogens is 8. The van der Waals surface area contributed by atoms with Crippen LogP contribution in [-0.2, 0) is 28.4 Å². The molecular weight excluding hydrogens is 756 g/mol. The van der Waals surface area contributed by atoms with Crippen LogP contribution in [-0.4, -0.2) is 69.2 Å². The number of hydrogen-bond donors (Lipinski definition) is 2. The molecule has 0 saturated carbocycles. The molecule has 0 bridgehead atoms. The van der Waals surface area contributed by atoms with E-state index in [-0.39, 0.29) is 65.3 Å². The first-order valence-electron chi connectivity index (χ1n) is 17.0. The highest BCUT2D eigenvalue weighted by molar-refractivity contribution is 5.94. The second kappa shape index (κ2) is 18.0. The van der Waals surface area contributed by atoms with E-state index in [1.165, 1.54) is 62.8 Å². The van der Waals surface area contributed by atoms with Crippen molar-refractivity contribution >= 4 is 5.91 Å². The molecule has 1 heterocycles. The van der Waals surface area contributed by atoms with Gasteiger partial charge in [-0.3, -0.25) is 4.79 Å². The van der Waals surface area contributed by atoms with Gasteiger partial charge in [-0.2, -0.15) is 26.3 Å². The third kappa shape index (κ3) is 9.82. The van der Waals surface area contributed by atoms with Crippen LogP contribution in [0.5, 0.6) is 11.5 Å². The summed E-state index contributed by atoms with van der Waals surface area (Å²) in [5.41, 5.74) is 0.879. The van der Waals surface area contributed by atoms with Crippen LogP contribution in [0.2, 0.25) is 0 Å². The predicted octanol–water partition coefficient (Wildman–Crippen LogP) is 7.99. The monoisotopic (exact) mass is 792 g/mol. The summed E-state index contributed by atoms with van der Waals surface area (Å²) in [5, 5.41) is 2.69. The summed E-state index contributed by atoms with van der Waals surface area (Å²) in [7, 11) is 2.58. The van der Waals surface area contributed by atoms with Crippen LogP contribution in [0.3, 0.4) is 0 Å². The van der Waals surface area contributed by atoms with Crippen LogP contribution in [0.4, 0.5) is 35.1 Å². The highest BCUT2D eigenvalue weighted by Crippen LogP contribution is 2.45. The zero-order valence-electron chi connectivity index (χ0n) is 30.0. The number of rotatable bonds is 16. The molecule has 0 atom stereocenters. The molecule has 5 rings (SSSR count). The topological polar surface area (TPSA) is 110 Å². The minimum absolute atomic E-state index is 0.0379. The normalized spacial score (nSPS) is 11.8. The standard InChI is InChI=1S/C39H36F8N4O5/c1-53-26-8-11-29(32(40)20-26)34-35(30-12-9-27(54-2)21-33(30)41)51(36(50-34)28-10-7-25(38(42,43)44)19-31(28)39(45,46)47)22-23-3-5-24(6-4-23)37(52)49-14-16-56-18-17-55-15-13-48/h3-12,19-21H,13-18,22,48H2,1-2H3,(H,49,52).